The SMILES string of the molecule is CC1=C[CH]CC=C1OC1CN(C(C)C)C1. The summed E-state index contributed by atoms with van der Waals surface area (Å²) in [5.41, 5.74) is 1.25. The zero-order valence-corrected chi connectivity index (χ0v) is 9.86. The van der Waals surface area contributed by atoms with E-state index in [1.54, 1.807) is 0 Å². The predicted octanol–water partition coefficient (Wildman–Crippen LogP) is 2.53. The maximum atomic E-state index is 5.95. The summed E-state index contributed by atoms with van der Waals surface area (Å²) < 4.78 is 5.95. The molecule has 1 saturated heterocycles. The van der Waals surface area contributed by atoms with Crippen molar-refractivity contribution < 1.29 is 4.74 Å². The Kier molecular flexibility index (Phi) is 3.15. The van der Waals surface area contributed by atoms with Crippen LogP contribution in [0.4, 0.5) is 0 Å². The number of allylic oxidation sites excluding steroid dienone is 3. The fourth-order valence-corrected chi connectivity index (χ4v) is 1.95. The monoisotopic (exact) mass is 206 g/mol. The summed E-state index contributed by atoms with van der Waals surface area (Å²) >= 11 is 0. The Morgan fingerprint density at radius 1 is 1.40 bits per heavy atom. The minimum atomic E-state index is 0.403. The summed E-state index contributed by atoms with van der Waals surface area (Å²) in [6, 6.07) is 0.648. The summed E-state index contributed by atoms with van der Waals surface area (Å²) in [6.45, 7) is 8.73. The fourth-order valence-electron chi connectivity index (χ4n) is 1.95. The third-order valence-electron chi connectivity index (χ3n) is 3.10. The van der Waals surface area contributed by atoms with Crippen LogP contribution in [0.5, 0.6) is 0 Å². The Morgan fingerprint density at radius 2 is 2.13 bits per heavy atom. The van der Waals surface area contributed by atoms with Gasteiger partial charge < -0.3 is 4.74 Å². The van der Waals surface area contributed by atoms with Crippen LogP contribution in [0.2, 0.25) is 0 Å². The van der Waals surface area contributed by atoms with Gasteiger partial charge in [-0.3, -0.25) is 4.90 Å². The minimum absolute atomic E-state index is 0.403. The zero-order chi connectivity index (χ0) is 10.8. The van der Waals surface area contributed by atoms with Crippen LogP contribution in [0.3, 0.4) is 0 Å². The van der Waals surface area contributed by atoms with Crippen LogP contribution < -0.4 is 0 Å². The molecule has 15 heavy (non-hydrogen) atoms. The average molecular weight is 206 g/mol. The number of hydrogen-bond donors (Lipinski definition) is 0. The maximum Gasteiger partial charge on any atom is 0.124 e. The third-order valence-corrected chi connectivity index (χ3v) is 3.10. The first kappa shape index (κ1) is 10.7. The molecule has 1 aliphatic carbocycles. The van der Waals surface area contributed by atoms with E-state index < -0.39 is 0 Å². The molecule has 1 radical (unpaired) electrons. The van der Waals surface area contributed by atoms with Crippen molar-refractivity contribution in [2.45, 2.75) is 39.3 Å². The van der Waals surface area contributed by atoms with E-state index in [2.05, 4.69) is 44.2 Å². The Morgan fingerprint density at radius 3 is 2.73 bits per heavy atom. The molecule has 0 aromatic carbocycles. The Balaban J connectivity index is 1.80. The van der Waals surface area contributed by atoms with Gasteiger partial charge in [-0.05, 0) is 45.3 Å². The molecule has 2 nitrogen and oxygen atoms in total. The highest BCUT2D eigenvalue weighted by molar-refractivity contribution is 5.31. The van der Waals surface area contributed by atoms with Crippen molar-refractivity contribution in [2.75, 3.05) is 13.1 Å². The number of rotatable bonds is 3. The van der Waals surface area contributed by atoms with Gasteiger partial charge in [0.15, 0.2) is 0 Å². The molecule has 2 heteroatoms. The van der Waals surface area contributed by atoms with Crippen LogP contribution in [0, 0.1) is 6.42 Å². The zero-order valence-electron chi connectivity index (χ0n) is 9.86. The highest BCUT2D eigenvalue weighted by atomic mass is 16.5. The van der Waals surface area contributed by atoms with Gasteiger partial charge >= 0.3 is 0 Å². The second-order valence-electron chi connectivity index (χ2n) is 4.68. The molecule has 1 heterocycles. The molecule has 1 fully saturated rings. The molecule has 2 aliphatic rings. The van der Waals surface area contributed by atoms with Crippen LogP contribution >= 0.6 is 0 Å². The van der Waals surface area contributed by atoms with Gasteiger partial charge in [-0.1, -0.05) is 6.08 Å². The van der Waals surface area contributed by atoms with Crippen molar-refractivity contribution in [3.63, 3.8) is 0 Å². The number of hydrogen-bond acceptors (Lipinski definition) is 2. The van der Waals surface area contributed by atoms with Crippen molar-refractivity contribution in [3.8, 4) is 0 Å². The lowest BCUT2D eigenvalue weighted by molar-refractivity contribution is -0.0346. The van der Waals surface area contributed by atoms with E-state index in [9.17, 15) is 0 Å². The first-order valence-corrected chi connectivity index (χ1v) is 5.78. The third kappa shape index (κ3) is 2.43. The van der Waals surface area contributed by atoms with Gasteiger partial charge in [0.1, 0.15) is 11.9 Å². The summed E-state index contributed by atoms with van der Waals surface area (Å²) in [5.74, 6) is 1.09. The van der Waals surface area contributed by atoms with Crippen molar-refractivity contribution >= 4 is 0 Å². The molecule has 1 aliphatic heterocycles. The van der Waals surface area contributed by atoms with E-state index in [4.69, 9.17) is 4.74 Å². The van der Waals surface area contributed by atoms with Crippen LogP contribution in [-0.2, 0) is 4.74 Å². The minimum Gasteiger partial charge on any atom is -0.488 e. The van der Waals surface area contributed by atoms with Crippen molar-refractivity contribution in [2.24, 2.45) is 0 Å². The second-order valence-corrected chi connectivity index (χ2v) is 4.68. The van der Waals surface area contributed by atoms with Gasteiger partial charge in [-0.25, -0.2) is 0 Å². The van der Waals surface area contributed by atoms with Gasteiger partial charge in [-0.15, -0.1) is 0 Å². The molecule has 0 spiro atoms. The molecule has 0 unspecified atom stereocenters. The van der Waals surface area contributed by atoms with Gasteiger partial charge in [0.25, 0.3) is 0 Å². The largest absolute Gasteiger partial charge is 0.488 e. The smallest absolute Gasteiger partial charge is 0.124 e. The lowest BCUT2D eigenvalue weighted by Crippen LogP contribution is -2.54. The standard InChI is InChI=1S/C13H20NO/c1-10(2)14-8-12(9-14)15-13-7-5-4-6-11(13)3/h4,6-7,10,12H,5,8-9H2,1-3H3. The van der Waals surface area contributed by atoms with E-state index >= 15 is 0 Å². The number of ether oxygens (including phenoxy) is 1. The van der Waals surface area contributed by atoms with Gasteiger partial charge in [0.2, 0.25) is 0 Å². The maximum absolute atomic E-state index is 5.95. The Hall–Kier alpha value is -0.760. The molecule has 0 bridgehead atoms. The molecule has 0 amide bonds. The number of likely N-dealkylation sites (tertiary alicyclic amines) is 1. The normalized spacial score (nSPS) is 23.5. The van der Waals surface area contributed by atoms with E-state index in [1.165, 1.54) is 5.57 Å². The molecular weight excluding hydrogens is 186 g/mol. The lowest BCUT2D eigenvalue weighted by atomic mass is 10.1. The first-order valence-electron chi connectivity index (χ1n) is 5.78. The van der Waals surface area contributed by atoms with E-state index in [-0.39, 0.29) is 0 Å². The topological polar surface area (TPSA) is 12.5 Å². The lowest BCUT2D eigenvalue weighted by Gasteiger charge is -2.42. The first-order chi connectivity index (χ1) is 7.16. The van der Waals surface area contributed by atoms with Crippen LogP contribution in [0.1, 0.15) is 27.2 Å². The summed E-state index contributed by atoms with van der Waals surface area (Å²) in [6.07, 6.45) is 7.90. The summed E-state index contributed by atoms with van der Waals surface area (Å²) in [4.78, 5) is 2.43. The predicted molar refractivity (Wildman–Crippen MR) is 62.3 cm³/mol. The van der Waals surface area contributed by atoms with Gasteiger partial charge in [0, 0.05) is 19.1 Å². The Bertz CT molecular complexity index is 285. The quantitative estimate of drug-likeness (QED) is 0.703. The summed E-state index contributed by atoms with van der Waals surface area (Å²) in [5, 5.41) is 0. The van der Waals surface area contributed by atoms with E-state index in [1.807, 2.05) is 0 Å². The highest BCUT2D eigenvalue weighted by Crippen LogP contribution is 2.24. The van der Waals surface area contributed by atoms with Crippen LogP contribution in [-0.4, -0.2) is 30.1 Å². The van der Waals surface area contributed by atoms with Crippen molar-refractivity contribution in [1.82, 2.24) is 4.90 Å². The Labute approximate surface area is 92.6 Å². The average Bonchev–Trinajstić information content (AvgIpc) is 2.12. The second kappa shape index (κ2) is 4.40. The van der Waals surface area contributed by atoms with E-state index in [0.717, 1.165) is 25.3 Å². The molecule has 0 atom stereocenters. The van der Waals surface area contributed by atoms with Crippen LogP contribution in [0.25, 0.3) is 0 Å². The number of nitrogens with zero attached hydrogens (tertiary/aromatic N) is 1. The molecule has 2 rings (SSSR count). The molecule has 0 saturated carbocycles. The highest BCUT2D eigenvalue weighted by Gasteiger charge is 2.30. The van der Waals surface area contributed by atoms with Gasteiger partial charge in [-0.2, -0.15) is 0 Å². The van der Waals surface area contributed by atoms with Gasteiger partial charge in [0.05, 0.1) is 0 Å². The molecule has 0 aromatic heterocycles. The fraction of sp³-hybridized carbons (Fsp3) is 0.615. The van der Waals surface area contributed by atoms with Crippen molar-refractivity contribution in [3.05, 3.63) is 29.9 Å². The molecular formula is C13H20NO. The molecule has 0 aromatic rings. The van der Waals surface area contributed by atoms with Crippen molar-refractivity contribution in [1.29, 1.82) is 0 Å². The molecule has 83 valence electrons. The van der Waals surface area contributed by atoms with E-state index in [0.29, 0.717) is 12.1 Å². The van der Waals surface area contributed by atoms with Crippen LogP contribution in [0.15, 0.2) is 23.5 Å². The molecule has 0 N–H and O–H groups in total. The summed E-state index contributed by atoms with van der Waals surface area (Å²) in [7, 11) is 0.